The van der Waals surface area contributed by atoms with Crippen LogP contribution in [0.15, 0.2) is 48.5 Å². The predicted molar refractivity (Wildman–Crippen MR) is 148 cm³/mol. The maximum Gasteiger partial charge on any atom is 0.225 e. The van der Waals surface area contributed by atoms with Gasteiger partial charge in [-0.25, -0.2) is 9.37 Å². The normalized spacial score (nSPS) is 22.1. The second-order valence-electron chi connectivity index (χ2n) is 11.3. The summed E-state index contributed by atoms with van der Waals surface area (Å²) in [5, 5.41) is 29.7. The molecule has 3 fully saturated rings. The molecule has 8 heteroatoms. The Morgan fingerprint density at radius 3 is 2.53 bits per heavy atom. The van der Waals surface area contributed by atoms with Gasteiger partial charge in [0.15, 0.2) is 5.82 Å². The Kier molecular flexibility index (Phi) is 5.63. The topological polar surface area (TPSA) is 93.5 Å². The smallest absolute Gasteiger partial charge is 0.225 e. The number of nitrogens with zero attached hydrogens (tertiary/aromatic N) is 3. The van der Waals surface area contributed by atoms with Crippen molar-refractivity contribution in [1.82, 2.24) is 15.3 Å². The highest BCUT2D eigenvalue weighted by molar-refractivity contribution is 6.01. The third-order valence-electron chi connectivity index (χ3n) is 8.81. The van der Waals surface area contributed by atoms with Crippen molar-refractivity contribution in [2.24, 2.45) is 5.41 Å². The summed E-state index contributed by atoms with van der Waals surface area (Å²) >= 11 is 0. The Morgan fingerprint density at radius 1 is 1.00 bits per heavy atom. The molecular formula is C30H32FN5O2. The molecule has 4 aromatic rings. The molecule has 7 rings (SSSR count). The monoisotopic (exact) mass is 513 g/mol. The lowest BCUT2D eigenvalue weighted by Gasteiger charge is -2.40. The number of fused-ring (bicyclic) bond motifs is 4. The van der Waals surface area contributed by atoms with E-state index in [9.17, 15) is 10.2 Å². The molecular weight excluding hydrogens is 481 g/mol. The van der Waals surface area contributed by atoms with E-state index in [4.69, 9.17) is 4.98 Å². The Balaban J connectivity index is 1.37. The third-order valence-corrected chi connectivity index (χ3v) is 8.81. The fourth-order valence-corrected chi connectivity index (χ4v) is 6.50. The largest absolute Gasteiger partial charge is 0.508 e. The number of rotatable bonds is 6. The quantitative estimate of drug-likeness (QED) is 0.294. The van der Waals surface area contributed by atoms with Crippen molar-refractivity contribution in [3.63, 3.8) is 0 Å². The van der Waals surface area contributed by atoms with Gasteiger partial charge in [-0.3, -0.25) is 0 Å². The highest BCUT2D eigenvalue weighted by Crippen LogP contribution is 2.41. The predicted octanol–water partition coefficient (Wildman–Crippen LogP) is 4.81. The molecule has 4 N–H and O–H groups in total. The summed E-state index contributed by atoms with van der Waals surface area (Å²) in [5.74, 6) is 0.794. The minimum atomic E-state index is -0.427. The zero-order valence-corrected chi connectivity index (χ0v) is 21.3. The van der Waals surface area contributed by atoms with Gasteiger partial charge in [-0.05, 0) is 60.2 Å². The van der Waals surface area contributed by atoms with Crippen LogP contribution in [0.1, 0.15) is 32.1 Å². The number of piperazine rings is 1. The van der Waals surface area contributed by atoms with Gasteiger partial charge in [0.2, 0.25) is 5.95 Å². The van der Waals surface area contributed by atoms with Gasteiger partial charge in [-0.15, -0.1) is 0 Å². The summed E-state index contributed by atoms with van der Waals surface area (Å²) in [4.78, 5) is 11.9. The zero-order valence-electron chi connectivity index (χ0n) is 21.3. The summed E-state index contributed by atoms with van der Waals surface area (Å²) in [5.41, 5.74) is 1.13. The van der Waals surface area contributed by atoms with E-state index in [2.05, 4.69) is 20.5 Å². The van der Waals surface area contributed by atoms with E-state index in [0.29, 0.717) is 41.1 Å². The van der Waals surface area contributed by atoms with E-state index in [-0.39, 0.29) is 23.3 Å². The van der Waals surface area contributed by atoms with Crippen LogP contribution in [-0.4, -0.2) is 58.5 Å². The lowest BCUT2D eigenvalue weighted by atomic mass is 9.69. The maximum atomic E-state index is 16.5. The van der Waals surface area contributed by atoms with E-state index >= 15 is 4.39 Å². The van der Waals surface area contributed by atoms with E-state index in [1.165, 1.54) is 0 Å². The first-order chi connectivity index (χ1) is 18.5. The minimum Gasteiger partial charge on any atom is -0.508 e. The van der Waals surface area contributed by atoms with Crippen molar-refractivity contribution in [2.45, 2.75) is 44.2 Å². The fourth-order valence-electron chi connectivity index (χ4n) is 6.50. The van der Waals surface area contributed by atoms with E-state index in [1.807, 2.05) is 30.3 Å². The fraction of sp³-hybridized carbons (Fsp3) is 0.400. The van der Waals surface area contributed by atoms with E-state index in [0.717, 1.165) is 61.8 Å². The van der Waals surface area contributed by atoms with Gasteiger partial charge in [-0.2, -0.15) is 4.98 Å². The van der Waals surface area contributed by atoms with Crippen molar-refractivity contribution in [1.29, 1.82) is 0 Å². The lowest BCUT2D eigenvalue weighted by molar-refractivity contribution is 0.0575. The molecule has 2 atom stereocenters. The molecule has 38 heavy (non-hydrogen) atoms. The SMILES string of the molecule is OCC1(CNc2nc(N3CC4CCC(C3)N4)c3ccc(-c4cc(O)cc5ccccc45)c(F)c3n2)CCC1. The van der Waals surface area contributed by atoms with Crippen LogP contribution in [0.25, 0.3) is 32.8 Å². The standard InChI is InChI=1S/C30H32FN5O2/c31-26-23(25-13-21(38)12-18-4-1-2-5-22(18)25)8-9-24-27(26)34-29(32-16-30(17-37)10-3-11-30)35-28(24)36-14-19-6-7-20(15-36)33-19/h1-2,4-5,8-9,12-13,19-20,33,37-38H,3,6-7,10-11,14-17H2,(H,32,34,35). The molecule has 2 bridgehead atoms. The Hall–Kier alpha value is -3.49. The van der Waals surface area contributed by atoms with Gasteiger partial charge in [0.05, 0.1) is 6.61 Å². The molecule has 2 unspecified atom stereocenters. The summed E-state index contributed by atoms with van der Waals surface area (Å²) in [6.45, 7) is 2.32. The number of anilines is 2. The molecule has 2 saturated heterocycles. The van der Waals surface area contributed by atoms with Gasteiger partial charge < -0.3 is 25.7 Å². The Morgan fingerprint density at radius 2 is 1.79 bits per heavy atom. The molecule has 2 aliphatic heterocycles. The van der Waals surface area contributed by atoms with Gasteiger partial charge in [-0.1, -0.05) is 36.8 Å². The first-order valence-corrected chi connectivity index (χ1v) is 13.6. The third kappa shape index (κ3) is 3.94. The molecule has 3 aromatic carbocycles. The first kappa shape index (κ1) is 23.6. The molecule has 1 aliphatic carbocycles. The summed E-state index contributed by atoms with van der Waals surface area (Å²) in [6.07, 6.45) is 5.29. The number of phenolic OH excluding ortho intramolecular Hbond substituents is 1. The van der Waals surface area contributed by atoms with Crippen molar-refractivity contribution in [3.05, 3.63) is 54.3 Å². The second kappa shape index (κ2) is 9.06. The molecule has 196 valence electrons. The van der Waals surface area contributed by atoms with E-state index in [1.54, 1.807) is 18.2 Å². The Bertz CT molecular complexity index is 1520. The minimum absolute atomic E-state index is 0.0926. The molecule has 7 nitrogen and oxygen atoms in total. The number of aliphatic hydroxyl groups is 1. The maximum absolute atomic E-state index is 16.5. The number of aliphatic hydroxyl groups excluding tert-OH is 1. The average molecular weight is 514 g/mol. The van der Waals surface area contributed by atoms with Crippen LogP contribution in [-0.2, 0) is 0 Å². The van der Waals surface area contributed by atoms with Crippen LogP contribution in [0, 0.1) is 11.2 Å². The number of aromatic nitrogens is 2. The number of phenols is 1. The lowest BCUT2D eigenvalue weighted by Crippen LogP contribution is -2.51. The summed E-state index contributed by atoms with van der Waals surface area (Å²) in [6, 6.07) is 15.5. The van der Waals surface area contributed by atoms with Crippen LogP contribution in [0.2, 0.25) is 0 Å². The number of hydrogen-bond acceptors (Lipinski definition) is 7. The first-order valence-electron chi connectivity index (χ1n) is 13.6. The van der Waals surface area contributed by atoms with Gasteiger partial charge in [0, 0.05) is 48.1 Å². The van der Waals surface area contributed by atoms with Crippen LogP contribution >= 0.6 is 0 Å². The molecule has 1 saturated carbocycles. The molecule has 0 amide bonds. The number of hydrogen-bond donors (Lipinski definition) is 4. The van der Waals surface area contributed by atoms with Gasteiger partial charge in [0.25, 0.3) is 0 Å². The van der Waals surface area contributed by atoms with Crippen molar-refractivity contribution in [2.75, 3.05) is 36.5 Å². The second-order valence-corrected chi connectivity index (χ2v) is 11.3. The molecule has 0 spiro atoms. The van der Waals surface area contributed by atoms with Crippen LogP contribution in [0.5, 0.6) is 5.75 Å². The van der Waals surface area contributed by atoms with Crippen molar-refractivity contribution < 1.29 is 14.6 Å². The van der Waals surface area contributed by atoms with Gasteiger partial charge >= 0.3 is 0 Å². The van der Waals surface area contributed by atoms with Gasteiger partial charge in [0.1, 0.15) is 17.1 Å². The molecule has 3 heterocycles. The molecule has 0 radical (unpaired) electrons. The molecule has 3 aliphatic rings. The van der Waals surface area contributed by atoms with Crippen LogP contribution in [0.4, 0.5) is 16.2 Å². The number of benzene rings is 3. The van der Waals surface area contributed by atoms with E-state index < -0.39 is 5.82 Å². The Labute approximate surface area is 220 Å². The summed E-state index contributed by atoms with van der Waals surface area (Å²) < 4.78 is 16.5. The van der Waals surface area contributed by atoms with Crippen LogP contribution < -0.4 is 15.5 Å². The summed E-state index contributed by atoms with van der Waals surface area (Å²) in [7, 11) is 0. The molecule has 1 aromatic heterocycles. The number of nitrogens with one attached hydrogen (secondary N) is 2. The zero-order chi connectivity index (χ0) is 25.9. The average Bonchev–Trinajstić information content (AvgIpc) is 3.25. The van der Waals surface area contributed by atoms with Crippen molar-refractivity contribution >= 4 is 33.4 Å². The highest BCUT2D eigenvalue weighted by atomic mass is 19.1. The van der Waals surface area contributed by atoms with Crippen molar-refractivity contribution in [3.8, 4) is 16.9 Å². The highest BCUT2D eigenvalue weighted by Gasteiger charge is 2.37. The number of aromatic hydroxyl groups is 1. The number of halogens is 1. The van der Waals surface area contributed by atoms with Crippen LogP contribution in [0.3, 0.4) is 0 Å².